The van der Waals surface area contributed by atoms with Crippen LogP contribution in [-0.4, -0.2) is 42.4 Å². The molecule has 0 aliphatic carbocycles. The largest absolute Gasteiger partial charge is 0.466 e. The summed E-state index contributed by atoms with van der Waals surface area (Å²) in [5, 5.41) is 0. The SMILES string of the molecule is CCOC(=O)C1CCN(C(=O)Cc2cccc(N(Cc3ccccc3)C(=O)c3ccccc3)c2)CC1. The molecule has 0 atom stereocenters. The summed E-state index contributed by atoms with van der Waals surface area (Å²) in [7, 11) is 0. The fourth-order valence-corrected chi connectivity index (χ4v) is 4.53. The smallest absolute Gasteiger partial charge is 0.309 e. The van der Waals surface area contributed by atoms with Crippen molar-refractivity contribution in [3.05, 3.63) is 102 Å². The zero-order chi connectivity index (χ0) is 25.3. The molecule has 0 radical (unpaired) electrons. The zero-order valence-corrected chi connectivity index (χ0v) is 20.6. The van der Waals surface area contributed by atoms with E-state index in [4.69, 9.17) is 4.74 Å². The molecule has 6 heteroatoms. The van der Waals surface area contributed by atoms with Crippen molar-refractivity contribution in [2.24, 2.45) is 5.92 Å². The Morgan fingerprint density at radius 1 is 0.861 bits per heavy atom. The molecule has 6 nitrogen and oxygen atoms in total. The van der Waals surface area contributed by atoms with Crippen LogP contribution in [0.2, 0.25) is 0 Å². The molecule has 36 heavy (non-hydrogen) atoms. The fourth-order valence-electron chi connectivity index (χ4n) is 4.53. The summed E-state index contributed by atoms with van der Waals surface area (Å²) in [6.07, 6.45) is 1.50. The van der Waals surface area contributed by atoms with E-state index in [1.807, 2.05) is 89.8 Å². The van der Waals surface area contributed by atoms with E-state index < -0.39 is 0 Å². The highest BCUT2D eigenvalue weighted by atomic mass is 16.5. The van der Waals surface area contributed by atoms with Crippen LogP contribution < -0.4 is 4.90 Å². The molecule has 3 aromatic carbocycles. The van der Waals surface area contributed by atoms with Gasteiger partial charge in [0.05, 0.1) is 25.5 Å². The van der Waals surface area contributed by atoms with Gasteiger partial charge >= 0.3 is 5.97 Å². The van der Waals surface area contributed by atoms with Gasteiger partial charge in [0.25, 0.3) is 5.91 Å². The summed E-state index contributed by atoms with van der Waals surface area (Å²) in [6, 6.07) is 26.7. The number of amides is 2. The zero-order valence-electron chi connectivity index (χ0n) is 20.6. The van der Waals surface area contributed by atoms with Gasteiger partial charge in [0.2, 0.25) is 5.91 Å². The van der Waals surface area contributed by atoms with Gasteiger partial charge in [-0.25, -0.2) is 0 Å². The molecule has 0 unspecified atom stereocenters. The summed E-state index contributed by atoms with van der Waals surface area (Å²) in [4.78, 5) is 42.1. The number of hydrogen-bond donors (Lipinski definition) is 0. The number of nitrogens with zero attached hydrogens (tertiary/aromatic N) is 2. The van der Waals surface area contributed by atoms with Crippen molar-refractivity contribution >= 4 is 23.5 Å². The molecule has 1 saturated heterocycles. The highest BCUT2D eigenvalue weighted by Crippen LogP contribution is 2.24. The number of rotatable bonds is 8. The molecule has 0 spiro atoms. The predicted molar refractivity (Wildman–Crippen MR) is 139 cm³/mol. The molecule has 2 amide bonds. The maximum Gasteiger partial charge on any atom is 0.309 e. The van der Waals surface area contributed by atoms with E-state index in [-0.39, 0.29) is 30.1 Å². The number of anilines is 1. The molecule has 4 rings (SSSR count). The summed E-state index contributed by atoms with van der Waals surface area (Å²) in [6.45, 7) is 3.71. The molecular formula is C30H32N2O4. The highest BCUT2D eigenvalue weighted by molar-refractivity contribution is 6.06. The van der Waals surface area contributed by atoms with Gasteiger partial charge in [0, 0.05) is 24.3 Å². The molecule has 3 aromatic rings. The number of likely N-dealkylation sites (tertiary alicyclic amines) is 1. The standard InChI is InChI=1S/C30H32N2O4/c1-2-36-30(35)26-16-18-31(19-17-26)28(33)21-24-12-9-15-27(20-24)32(22-23-10-5-3-6-11-23)29(34)25-13-7-4-8-14-25/h3-15,20,26H,2,16-19,21-22H2,1H3. The minimum absolute atomic E-state index is 0.0263. The number of carbonyl (C=O) groups excluding carboxylic acids is 3. The van der Waals surface area contributed by atoms with Crippen molar-refractivity contribution in [2.45, 2.75) is 32.7 Å². The Kier molecular flexibility index (Phi) is 8.50. The van der Waals surface area contributed by atoms with Crippen LogP contribution in [0.4, 0.5) is 5.69 Å². The molecule has 1 fully saturated rings. The molecule has 1 aliphatic heterocycles. The van der Waals surface area contributed by atoms with Crippen molar-refractivity contribution in [1.82, 2.24) is 4.90 Å². The van der Waals surface area contributed by atoms with E-state index >= 15 is 0 Å². The number of piperidine rings is 1. The fraction of sp³-hybridized carbons (Fsp3) is 0.300. The van der Waals surface area contributed by atoms with E-state index in [1.54, 1.807) is 11.8 Å². The minimum atomic E-state index is -0.168. The highest BCUT2D eigenvalue weighted by Gasteiger charge is 2.28. The lowest BCUT2D eigenvalue weighted by atomic mass is 9.96. The van der Waals surface area contributed by atoms with Gasteiger partial charge in [0.15, 0.2) is 0 Å². The Labute approximate surface area is 212 Å². The van der Waals surface area contributed by atoms with Crippen molar-refractivity contribution in [1.29, 1.82) is 0 Å². The number of esters is 1. The molecule has 0 aromatic heterocycles. The molecule has 186 valence electrons. The van der Waals surface area contributed by atoms with Crippen LogP contribution in [0.25, 0.3) is 0 Å². The van der Waals surface area contributed by atoms with Gasteiger partial charge in [-0.1, -0.05) is 60.7 Å². The summed E-state index contributed by atoms with van der Waals surface area (Å²) in [5.74, 6) is -0.366. The van der Waals surface area contributed by atoms with E-state index in [9.17, 15) is 14.4 Å². The van der Waals surface area contributed by atoms with Gasteiger partial charge in [-0.2, -0.15) is 0 Å². The first-order valence-electron chi connectivity index (χ1n) is 12.5. The van der Waals surface area contributed by atoms with Gasteiger partial charge < -0.3 is 14.5 Å². The van der Waals surface area contributed by atoms with Crippen LogP contribution in [-0.2, 0) is 27.3 Å². The lowest BCUT2D eigenvalue weighted by molar-refractivity contribution is -0.151. The summed E-state index contributed by atoms with van der Waals surface area (Å²) < 4.78 is 5.13. The third-order valence-electron chi connectivity index (χ3n) is 6.49. The number of ether oxygens (including phenoxy) is 1. The third kappa shape index (κ3) is 6.39. The van der Waals surface area contributed by atoms with Crippen LogP contribution in [0.3, 0.4) is 0 Å². The molecule has 1 heterocycles. The monoisotopic (exact) mass is 484 g/mol. The van der Waals surface area contributed by atoms with E-state index in [2.05, 4.69) is 0 Å². The maximum atomic E-state index is 13.5. The number of carbonyl (C=O) groups is 3. The molecule has 0 N–H and O–H groups in total. The van der Waals surface area contributed by atoms with Crippen LogP contribution in [0.15, 0.2) is 84.9 Å². The van der Waals surface area contributed by atoms with Crippen molar-refractivity contribution in [2.75, 3.05) is 24.6 Å². The first-order chi connectivity index (χ1) is 17.5. The normalized spacial score (nSPS) is 13.8. The molecule has 0 saturated carbocycles. The second kappa shape index (κ2) is 12.2. The lowest BCUT2D eigenvalue weighted by Crippen LogP contribution is -2.41. The second-order valence-electron chi connectivity index (χ2n) is 9.00. The van der Waals surface area contributed by atoms with Crippen LogP contribution in [0, 0.1) is 5.92 Å². The Morgan fingerprint density at radius 2 is 1.50 bits per heavy atom. The Hall–Kier alpha value is -3.93. The van der Waals surface area contributed by atoms with E-state index in [0.717, 1.165) is 16.8 Å². The number of benzene rings is 3. The quantitative estimate of drug-likeness (QED) is 0.428. The topological polar surface area (TPSA) is 66.9 Å². The van der Waals surface area contributed by atoms with E-state index in [1.165, 1.54) is 0 Å². The predicted octanol–water partition coefficient (Wildman–Crippen LogP) is 4.88. The third-order valence-corrected chi connectivity index (χ3v) is 6.49. The average Bonchev–Trinajstić information content (AvgIpc) is 2.93. The second-order valence-corrected chi connectivity index (χ2v) is 9.00. The Balaban J connectivity index is 1.48. The van der Waals surface area contributed by atoms with Gasteiger partial charge in [-0.15, -0.1) is 0 Å². The Morgan fingerprint density at radius 3 is 2.17 bits per heavy atom. The van der Waals surface area contributed by atoms with Crippen LogP contribution in [0.5, 0.6) is 0 Å². The van der Waals surface area contributed by atoms with Crippen LogP contribution >= 0.6 is 0 Å². The van der Waals surface area contributed by atoms with Crippen LogP contribution in [0.1, 0.15) is 41.3 Å². The van der Waals surface area contributed by atoms with E-state index in [0.29, 0.717) is 44.6 Å². The first kappa shape index (κ1) is 25.2. The van der Waals surface area contributed by atoms with Crippen molar-refractivity contribution < 1.29 is 19.1 Å². The van der Waals surface area contributed by atoms with Crippen molar-refractivity contribution in [3.8, 4) is 0 Å². The van der Waals surface area contributed by atoms with Gasteiger partial charge in [-0.3, -0.25) is 14.4 Å². The van der Waals surface area contributed by atoms with Gasteiger partial charge in [0.1, 0.15) is 0 Å². The van der Waals surface area contributed by atoms with Gasteiger partial charge in [-0.05, 0) is 55.2 Å². The van der Waals surface area contributed by atoms with Crippen molar-refractivity contribution in [3.63, 3.8) is 0 Å². The molecular weight excluding hydrogens is 452 g/mol. The maximum absolute atomic E-state index is 13.5. The number of hydrogen-bond acceptors (Lipinski definition) is 4. The molecule has 1 aliphatic rings. The lowest BCUT2D eigenvalue weighted by Gasteiger charge is -2.31. The average molecular weight is 485 g/mol. The summed E-state index contributed by atoms with van der Waals surface area (Å²) >= 11 is 0. The molecule has 0 bridgehead atoms. The summed E-state index contributed by atoms with van der Waals surface area (Å²) in [5.41, 5.74) is 3.23. The Bertz CT molecular complexity index is 1170. The minimum Gasteiger partial charge on any atom is -0.466 e. The first-order valence-corrected chi connectivity index (χ1v) is 12.5.